The van der Waals surface area contributed by atoms with Crippen LogP contribution in [0.5, 0.6) is 5.75 Å². The Kier molecular flexibility index (Phi) is 7.08. The fraction of sp³-hybridized carbons (Fsp3) is 0.0417. The molecule has 0 spiro atoms. The van der Waals surface area contributed by atoms with Crippen LogP contribution in [0.15, 0.2) is 76.3 Å². The van der Waals surface area contributed by atoms with Gasteiger partial charge in [-0.3, -0.25) is 9.59 Å². The molecule has 9 heteroatoms. The zero-order chi connectivity index (χ0) is 23.4. The van der Waals surface area contributed by atoms with Gasteiger partial charge in [-0.15, -0.1) is 11.3 Å². The van der Waals surface area contributed by atoms with Crippen molar-refractivity contribution in [1.82, 2.24) is 5.43 Å². The van der Waals surface area contributed by atoms with Gasteiger partial charge in [0, 0.05) is 25.8 Å². The molecule has 2 N–H and O–H groups in total. The lowest BCUT2D eigenvalue weighted by Crippen LogP contribution is -2.17. The summed E-state index contributed by atoms with van der Waals surface area (Å²) >= 11 is 11.2. The number of benzene rings is 3. The lowest BCUT2D eigenvalue weighted by molar-refractivity contribution is 0.0954. The zero-order valence-corrected chi connectivity index (χ0v) is 20.4. The molecule has 4 rings (SSSR count). The number of nitrogens with zero attached hydrogens (tertiary/aromatic N) is 1. The molecule has 4 aromatic rings. The lowest BCUT2D eigenvalue weighted by atomic mass is 10.2. The second-order valence-electron chi connectivity index (χ2n) is 6.89. The molecule has 166 valence electrons. The van der Waals surface area contributed by atoms with E-state index in [0.717, 1.165) is 20.1 Å². The second-order valence-corrected chi connectivity index (χ2v) is 9.24. The van der Waals surface area contributed by atoms with Gasteiger partial charge >= 0.3 is 0 Å². The van der Waals surface area contributed by atoms with Gasteiger partial charge in [0.15, 0.2) is 0 Å². The van der Waals surface area contributed by atoms with Crippen molar-refractivity contribution >= 4 is 72.7 Å². The van der Waals surface area contributed by atoms with Crippen molar-refractivity contribution in [1.29, 1.82) is 0 Å². The molecule has 0 saturated carbocycles. The van der Waals surface area contributed by atoms with Crippen LogP contribution < -0.4 is 15.5 Å². The average Bonchev–Trinajstić information content (AvgIpc) is 3.15. The minimum Gasteiger partial charge on any atom is -0.497 e. The molecular formula is C24H17BrClN3O3S. The first kappa shape index (κ1) is 23.0. The topological polar surface area (TPSA) is 79.8 Å². The molecular weight excluding hydrogens is 526 g/mol. The molecule has 0 aliphatic rings. The van der Waals surface area contributed by atoms with E-state index < -0.39 is 0 Å². The minimum absolute atomic E-state index is 0.308. The SMILES string of the molecule is COc1cccc(/C=N\NC(=O)c2ccc(NC(=O)c3sc4cc(Br)ccc4c3Cl)cc2)c1. The van der Waals surface area contributed by atoms with Gasteiger partial charge in [0.2, 0.25) is 0 Å². The highest BCUT2D eigenvalue weighted by Gasteiger charge is 2.17. The lowest BCUT2D eigenvalue weighted by Gasteiger charge is -2.05. The van der Waals surface area contributed by atoms with E-state index in [9.17, 15) is 9.59 Å². The van der Waals surface area contributed by atoms with Crippen molar-refractivity contribution in [2.24, 2.45) is 5.10 Å². The number of methoxy groups -OCH3 is 1. The van der Waals surface area contributed by atoms with Crippen LogP contribution in [0.1, 0.15) is 25.6 Å². The van der Waals surface area contributed by atoms with E-state index in [0.29, 0.717) is 26.9 Å². The molecule has 0 aliphatic carbocycles. The minimum atomic E-state index is -0.370. The summed E-state index contributed by atoms with van der Waals surface area (Å²) in [5, 5.41) is 8.04. The summed E-state index contributed by atoms with van der Waals surface area (Å²) in [5.41, 5.74) is 4.22. The monoisotopic (exact) mass is 541 g/mol. The Morgan fingerprint density at radius 2 is 1.85 bits per heavy atom. The number of fused-ring (bicyclic) bond motifs is 1. The number of amides is 2. The van der Waals surface area contributed by atoms with Gasteiger partial charge in [-0.05, 0) is 54.1 Å². The van der Waals surface area contributed by atoms with Crippen LogP contribution in [-0.2, 0) is 0 Å². The largest absolute Gasteiger partial charge is 0.497 e. The van der Waals surface area contributed by atoms with Crippen molar-refractivity contribution in [3.63, 3.8) is 0 Å². The molecule has 0 saturated heterocycles. The van der Waals surface area contributed by atoms with Crippen molar-refractivity contribution < 1.29 is 14.3 Å². The third kappa shape index (κ3) is 5.42. The van der Waals surface area contributed by atoms with E-state index in [1.165, 1.54) is 17.6 Å². The first-order valence-corrected chi connectivity index (χ1v) is 11.7. The third-order valence-corrected chi connectivity index (χ3v) is 6.83. The number of nitrogens with one attached hydrogen (secondary N) is 2. The Labute approximate surface area is 207 Å². The summed E-state index contributed by atoms with van der Waals surface area (Å²) < 4.78 is 6.99. The standard InChI is InChI=1S/C24H17BrClN3O3S/c1-32-18-4-2-3-14(11-18)13-27-29-23(30)15-5-8-17(9-6-15)28-24(31)22-21(26)19-10-7-16(25)12-20(19)33-22/h2-13H,1H3,(H,28,31)(H,29,30)/b27-13-. The maximum atomic E-state index is 12.7. The smallest absolute Gasteiger partial charge is 0.271 e. The first-order valence-electron chi connectivity index (χ1n) is 9.71. The number of ether oxygens (including phenoxy) is 1. The highest BCUT2D eigenvalue weighted by molar-refractivity contribution is 9.10. The molecule has 0 radical (unpaired) electrons. The van der Waals surface area contributed by atoms with Gasteiger partial charge in [-0.25, -0.2) is 5.43 Å². The number of hydrogen-bond donors (Lipinski definition) is 2. The Bertz CT molecular complexity index is 1370. The summed E-state index contributed by atoms with van der Waals surface area (Å²) in [7, 11) is 1.58. The van der Waals surface area contributed by atoms with Crippen LogP contribution in [-0.4, -0.2) is 25.1 Å². The van der Waals surface area contributed by atoms with E-state index in [1.807, 2.05) is 36.4 Å². The Morgan fingerprint density at radius 1 is 1.06 bits per heavy atom. The van der Waals surface area contributed by atoms with Crippen LogP contribution in [0.4, 0.5) is 5.69 Å². The second kappa shape index (κ2) is 10.2. The van der Waals surface area contributed by atoms with Crippen molar-refractivity contribution in [2.75, 3.05) is 12.4 Å². The summed E-state index contributed by atoms with van der Waals surface area (Å²) in [6.07, 6.45) is 1.53. The molecule has 3 aromatic carbocycles. The summed E-state index contributed by atoms with van der Waals surface area (Å²) in [6, 6.07) is 19.5. The van der Waals surface area contributed by atoms with E-state index in [2.05, 4.69) is 31.8 Å². The van der Waals surface area contributed by atoms with Crippen LogP contribution in [0.2, 0.25) is 5.02 Å². The van der Waals surface area contributed by atoms with Gasteiger partial charge in [-0.1, -0.05) is 45.7 Å². The molecule has 1 aromatic heterocycles. The molecule has 33 heavy (non-hydrogen) atoms. The molecule has 0 bridgehead atoms. The predicted octanol–water partition coefficient (Wildman–Crippen LogP) is 6.34. The number of carbonyl (C=O) groups is 2. The molecule has 2 amide bonds. The Balaban J connectivity index is 1.39. The first-order chi connectivity index (χ1) is 15.9. The average molecular weight is 543 g/mol. The van der Waals surface area contributed by atoms with Gasteiger partial charge in [-0.2, -0.15) is 5.10 Å². The van der Waals surface area contributed by atoms with Gasteiger partial charge in [0.25, 0.3) is 11.8 Å². The Hall–Kier alpha value is -3.20. The molecule has 0 aliphatic heterocycles. The van der Waals surface area contributed by atoms with Crippen molar-refractivity contribution in [3.05, 3.63) is 92.2 Å². The summed E-state index contributed by atoms with van der Waals surface area (Å²) in [4.78, 5) is 25.5. The number of thiophene rings is 1. The quantitative estimate of drug-likeness (QED) is 0.220. The van der Waals surface area contributed by atoms with E-state index >= 15 is 0 Å². The molecule has 6 nitrogen and oxygen atoms in total. The van der Waals surface area contributed by atoms with E-state index in [4.69, 9.17) is 16.3 Å². The highest BCUT2D eigenvalue weighted by Crippen LogP contribution is 2.37. The fourth-order valence-corrected chi connectivity index (χ4v) is 4.99. The summed E-state index contributed by atoms with van der Waals surface area (Å²) in [5.74, 6) is 0.0234. The summed E-state index contributed by atoms with van der Waals surface area (Å²) in [6.45, 7) is 0. The normalized spacial score (nSPS) is 11.0. The third-order valence-electron chi connectivity index (χ3n) is 4.68. The molecule has 0 unspecified atom stereocenters. The van der Waals surface area contributed by atoms with Gasteiger partial charge in [0.05, 0.1) is 18.3 Å². The molecule has 0 atom stereocenters. The maximum absolute atomic E-state index is 12.7. The van der Waals surface area contributed by atoms with Crippen molar-refractivity contribution in [2.45, 2.75) is 0 Å². The van der Waals surface area contributed by atoms with Crippen LogP contribution in [0.25, 0.3) is 10.1 Å². The Morgan fingerprint density at radius 3 is 2.61 bits per heavy atom. The van der Waals surface area contributed by atoms with E-state index in [1.54, 1.807) is 37.4 Å². The number of carbonyl (C=O) groups excluding carboxylic acids is 2. The number of halogens is 2. The number of hydrazone groups is 1. The van der Waals surface area contributed by atoms with Crippen LogP contribution in [0, 0.1) is 0 Å². The fourth-order valence-electron chi connectivity index (χ4n) is 3.03. The molecule has 1 heterocycles. The van der Waals surface area contributed by atoms with Crippen LogP contribution >= 0.6 is 38.9 Å². The van der Waals surface area contributed by atoms with Crippen LogP contribution in [0.3, 0.4) is 0 Å². The maximum Gasteiger partial charge on any atom is 0.271 e. The molecule has 0 fully saturated rings. The van der Waals surface area contributed by atoms with Crippen molar-refractivity contribution in [3.8, 4) is 5.75 Å². The van der Waals surface area contributed by atoms with E-state index in [-0.39, 0.29) is 11.8 Å². The van der Waals surface area contributed by atoms with Gasteiger partial charge in [0.1, 0.15) is 10.6 Å². The predicted molar refractivity (Wildman–Crippen MR) is 137 cm³/mol. The number of anilines is 1. The number of rotatable bonds is 6. The van der Waals surface area contributed by atoms with Gasteiger partial charge < -0.3 is 10.1 Å². The highest BCUT2D eigenvalue weighted by atomic mass is 79.9. The zero-order valence-electron chi connectivity index (χ0n) is 17.3. The number of hydrogen-bond acceptors (Lipinski definition) is 5.